The average Bonchev–Trinajstić information content (AvgIpc) is 1.41. The first-order chi connectivity index (χ1) is 2.41. The van der Waals surface area contributed by atoms with E-state index in [2.05, 4.69) is 21.8 Å². The summed E-state index contributed by atoms with van der Waals surface area (Å²) in [6.07, 6.45) is 0. The van der Waals surface area contributed by atoms with E-state index in [1.54, 1.807) is 0 Å². The summed E-state index contributed by atoms with van der Waals surface area (Å²) in [5.41, 5.74) is 0. The maximum Gasteiger partial charge on any atom is 0.227 e. The van der Waals surface area contributed by atoms with Gasteiger partial charge in [0, 0.05) is 6.61 Å². The van der Waals surface area contributed by atoms with Crippen molar-refractivity contribution in [3.05, 3.63) is 0 Å². The highest BCUT2D eigenvalue weighted by molar-refractivity contribution is 14.1. The van der Waals surface area contributed by atoms with E-state index in [9.17, 15) is 0 Å². The highest BCUT2D eigenvalue weighted by atomic mass is 127. The summed E-state index contributed by atoms with van der Waals surface area (Å²) in [5, 5.41) is 0. The zero-order valence-electron chi connectivity index (χ0n) is 3.20. The second-order valence-corrected chi connectivity index (χ2v) is 3.10. The molecule has 0 amide bonds. The van der Waals surface area contributed by atoms with Crippen LogP contribution in [0.3, 0.4) is 0 Å². The summed E-state index contributed by atoms with van der Waals surface area (Å²) in [6.45, 7) is 2.92. The van der Waals surface area contributed by atoms with E-state index in [1.165, 1.54) is 0 Å². The van der Waals surface area contributed by atoms with Crippen LogP contribution in [-0.4, -0.2) is 13.9 Å². The van der Waals surface area contributed by atoms with E-state index in [0.717, 1.165) is 6.61 Å². The molecule has 0 bridgehead atoms. The highest BCUT2D eigenvalue weighted by Crippen LogP contribution is 1.74. The average molecular weight is 202 g/mol. The molecule has 32 valence electrons. The van der Waals surface area contributed by atoms with Crippen LogP contribution in [0, 0.1) is 0 Å². The summed E-state index contributed by atoms with van der Waals surface area (Å²) in [4.78, 5) is 0. The van der Waals surface area contributed by atoms with Crippen LogP contribution in [-0.2, 0) is 4.43 Å². The summed E-state index contributed by atoms with van der Waals surface area (Å²) in [7, 11) is -0.116. The van der Waals surface area contributed by atoms with Crippen LogP contribution in [0.5, 0.6) is 0 Å². The van der Waals surface area contributed by atoms with Gasteiger partial charge in [0.25, 0.3) is 0 Å². The fourth-order valence-corrected chi connectivity index (χ4v) is 1.55. The van der Waals surface area contributed by atoms with Gasteiger partial charge in [0.15, 0.2) is 0 Å². The van der Waals surface area contributed by atoms with Gasteiger partial charge in [0.05, 0.1) is 0 Å². The molecule has 0 aliphatic carbocycles. The highest BCUT2D eigenvalue weighted by Gasteiger charge is 1.67. The standard InChI is InChI=1S/C2H7IOSi/c1-2-4-5-3/h2,5H2,1H3. The van der Waals surface area contributed by atoms with Crippen molar-refractivity contribution in [2.24, 2.45) is 0 Å². The molecule has 0 unspecified atom stereocenters. The van der Waals surface area contributed by atoms with Crippen LogP contribution < -0.4 is 0 Å². The van der Waals surface area contributed by atoms with Crippen molar-refractivity contribution in [1.82, 2.24) is 0 Å². The maximum absolute atomic E-state index is 4.96. The Hall–Kier alpha value is 0.907. The van der Waals surface area contributed by atoms with E-state index in [4.69, 9.17) is 4.43 Å². The van der Waals surface area contributed by atoms with Crippen molar-refractivity contribution in [2.75, 3.05) is 6.61 Å². The van der Waals surface area contributed by atoms with Crippen molar-refractivity contribution in [3.63, 3.8) is 0 Å². The first kappa shape index (κ1) is 5.91. The molecule has 5 heavy (non-hydrogen) atoms. The molecule has 0 fully saturated rings. The summed E-state index contributed by atoms with van der Waals surface area (Å²) >= 11 is 2.30. The van der Waals surface area contributed by atoms with Crippen LogP contribution in [0.1, 0.15) is 6.92 Å². The lowest BCUT2D eigenvalue weighted by atomic mass is 10.9. The first-order valence-corrected chi connectivity index (χ1v) is 7.24. The van der Waals surface area contributed by atoms with Crippen molar-refractivity contribution in [1.29, 1.82) is 0 Å². The molecule has 0 atom stereocenters. The molecule has 0 aromatic carbocycles. The predicted molar refractivity (Wildman–Crippen MR) is 34.2 cm³/mol. The largest absolute Gasteiger partial charge is 0.413 e. The lowest BCUT2D eigenvalue weighted by Crippen LogP contribution is -1.85. The van der Waals surface area contributed by atoms with Gasteiger partial charge in [0.2, 0.25) is 7.26 Å². The van der Waals surface area contributed by atoms with Crippen LogP contribution >= 0.6 is 21.8 Å². The van der Waals surface area contributed by atoms with Gasteiger partial charge in [-0.3, -0.25) is 0 Å². The molecule has 1 nitrogen and oxygen atoms in total. The van der Waals surface area contributed by atoms with Gasteiger partial charge in [-0.2, -0.15) is 0 Å². The monoisotopic (exact) mass is 202 g/mol. The van der Waals surface area contributed by atoms with Gasteiger partial charge in [-0.1, -0.05) is 21.8 Å². The molecular weight excluding hydrogens is 195 g/mol. The second-order valence-electron chi connectivity index (χ2n) is 0.602. The van der Waals surface area contributed by atoms with Crippen molar-refractivity contribution >= 4 is 29.1 Å². The summed E-state index contributed by atoms with van der Waals surface area (Å²) in [6, 6.07) is 0. The van der Waals surface area contributed by atoms with Gasteiger partial charge in [-0.15, -0.1) is 0 Å². The predicted octanol–water partition coefficient (Wildman–Crippen LogP) is 0.457. The van der Waals surface area contributed by atoms with Gasteiger partial charge < -0.3 is 4.43 Å². The number of halogens is 1. The molecule has 0 saturated heterocycles. The molecular formula is C2H7IOSi. The van der Waals surface area contributed by atoms with Crippen LogP contribution in [0.2, 0.25) is 0 Å². The Kier molecular flexibility index (Phi) is 5.80. The number of rotatable bonds is 2. The minimum atomic E-state index is -0.116. The topological polar surface area (TPSA) is 9.23 Å². The van der Waals surface area contributed by atoms with E-state index < -0.39 is 0 Å². The summed E-state index contributed by atoms with van der Waals surface area (Å²) in [5.74, 6) is 0. The Bertz CT molecular complexity index is 17.1. The molecule has 0 radical (unpaired) electrons. The fourth-order valence-electron chi connectivity index (χ4n) is 0.0772. The van der Waals surface area contributed by atoms with Gasteiger partial charge in [0.1, 0.15) is 0 Å². The Balaban J connectivity index is 2.19. The van der Waals surface area contributed by atoms with E-state index >= 15 is 0 Å². The molecule has 3 heteroatoms. The third-order valence-corrected chi connectivity index (χ3v) is 2.17. The quantitative estimate of drug-likeness (QED) is 0.359. The molecule has 0 spiro atoms. The van der Waals surface area contributed by atoms with Crippen LogP contribution in [0.25, 0.3) is 0 Å². The Morgan fingerprint density at radius 1 is 2.00 bits per heavy atom. The smallest absolute Gasteiger partial charge is 0.227 e. The van der Waals surface area contributed by atoms with E-state index in [-0.39, 0.29) is 7.26 Å². The molecule has 0 aromatic rings. The third-order valence-electron chi connectivity index (χ3n) is 0.281. The lowest BCUT2D eigenvalue weighted by molar-refractivity contribution is 0.374. The van der Waals surface area contributed by atoms with E-state index in [0.29, 0.717) is 0 Å². The molecule has 0 rings (SSSR count). The minimum Gasteiger partial charge on any atom is -0.413 e. The van der Waals surface area contributed by atoms with Crippen LogP contribution in [0.15, 0.2) is 0 Å². The molecule has 0 saturated carbocycles. The zero-order chi connectivity index (χ0) is 4.12. The first-order valence-electron chi connectivity index (χ1n) is 1.55. The number of hydrogen-bond donors (Lipinski definition) is 0. The van der Waals surface area contributed by atoms with Gasteiger partial charge in [-0.05, 0) is 6.92 Å². The van der Waals surface area contributed by atoms with Gasteiger partial charge in [-0.25, -0.2) is 0 Å². The molecule has 0 heterocycles. The molecule has 0 aliphatic heterocycles. The number of hydrogen-bond acceptors (Lipinski definition) is 1. The second kappa shape index (κ2) is 4.91. The molecule has 0 N–H and O–H groups in total. The fraction of sp³-hybridized carbons (Fsp3) is 1.00. The molecule has 0 aromatic heterocycles. The normalized spacial score (nSPS) is 10.8. The zero-order valence-corrected chi connectivity index (χ0v) is 6.77. The lowest BCUT2D eigenvalue weighted by Gasteiger charge is -1.84. The minimum absolute atomic E-state index is 0.116. The van der Waals surface area contributed by atoms with Gasteiger partial charge >= 0.3 is 0 Å². The molecule has 0 aliphatic rings. The Labute approximate surface area is 47.3 Å². The summed E-state index contributed by atoms with van der Waals surface area (Å²) < 4.78 is 4.96. The van der Waals surface area contributed by atoms with Crippen LogP contribution in [0.4, 0.5) is 0 Å². The van der Waals surface area contributed by atoms with Crippen molar-refractivity contribution in [2.45, 2.75) is 6.92 Å². The van der Waals surface area contributed by atoms with E-state index in [1.807, 2.05) is 6.92 Å². The van der Waals surface area contributed by atoms with Crippen molar-refractivity contribution in [3.8, 4) is 0 Å². The third kappa shape index (κ3) is 4.91. The van der Waals surface area contributed by atoms with Crippen molar-refractivity contribution < 1.29 is 4.43 Å². The SMILES string of the molecule is CCO[SiH2]I. The Morgan fingerprint density at radius 3 is 2.60 bits per heavy atom. The maximum atomic E-state index is 4.96. The Morgan fingerprint density at radius 2 is 2.60 bits per heavy atom.